The van der Waals surface area contributed by atoms with Gasteiger partial charge in [-0.1, -0.05) is 36.4 Å². The Hall–Kier alpha value is -5.18. The molecule has 186 valence electrons. The summed E-state index contributed by atoms with van der Waals surface area (Å²) in [6, 6.07) is 24.1. The van der Waals surface area contributed by atoms with Crippen molar-refractivity contribution in [1.29, 1.82) is 0 Å². The molecule has 0 saturated heterocycles. The van der Waals surface area contributed by atoms with Crippen molar-refractivity contribution in [2.75, 3.05) is 19.5 Å². The summed E-state index contributed by atoms with van der Waals surface area (Å²) in [5.74, 6) is -1.24. The van der Waals surface area contributed by atoms with Gasteiger partial charge in [0.2, 0.25) is 0 Å². The van der Waals surface area contributed by atoms with Gasteiger partial charge in [-0.05, 0) is 59.5 Å². The zero-order valence-electron chi connectivity index (χ0n) is 20.1. The summed E-state index contributed by atoms with van der Waals surface area (Å²) in [6.07, 6.45) is 1.33. The second-order valence-corrected chi connectivity index (χ2v) is 7.71. The van der Waals surface area contributed by atoms with Crippen LogP contribution in [-0.2, 0) is 9.59 Å². The Morgan fingerprint density at radius 1 is 0.784 bits per heavy atom. The minimum atomic E-state index is -0.929. The van der Waals surface area contributed by atoms with E-state index in [0.29, 0.717) is 22.6 Å². The van der Waals surface area contributed by atoms with Crippen LogP contribution in [0, 0.1) is 0 Å². The molecule has 0 aliphatic rings. The fourth-order valence-electron chi connectivity index (χ4n) is 3.46. The molecule has 0 heterocycles. The van der Waals surface area contributed by atoms with Gasteiger partial charge in [0.1, 0.15) is 5.75 Å². The van der Waals surface area contributed by atoms with Gasteiger partial charge < -0.3 is 19.5 Å². The smallest absolute Gasteiger partial charge is 0.343 e. The molecule has 0 unspecified atom stereocenters. The van der Waals surface area contributed by atoms with E-state index in [2.05, 4.69) is 15.8 Å². The highest BCUT2D eigenvalue weighted by molar-refractivity contribution is 6.40. The van der Waals surface area contributed by atoms with E-state index in [9.17, 15) is 14.4 Å². The third-order valence-electron chi connectivity index (χ3n) is 5.34. The number of benzene rings is 4. The summed E-state index contributed by atoms with van der Waals surface area (Å²) < 4.78 is 15.8. The summed E-state index contributed by atoms with van der Waals surface area (Å²) in [4.78, 5) is 37.0. The number of fused-ring (bicyclic) bond motifs is 1. The van der Waals surface area contributed by atoms with Crippen LogP contribution in [0.25, 0.3) is 10.8 Å². The number of hydrazone groups is 1. The lowest BCUT2D eigenvalue weighted by atomic mass is 10.1. The number of amides is 2. The predicted octanol–water partition coefficient (Wildman–Crippen LogP) is 4.17. The first kappa shape index (κ1) is 24.9. The van der Waals surface area contributed by atoms with E-state index in [4.69, 9.17) is 14.2 Å². The molecule has 2 N–H and O–H groups in total. The molecule has 0 saturated carbocycles. The molecule has 2 amide bonds. The van der Waals surface area contributed by atoms with Gasteiger partial charge in [-0.2, -0.15) is 5.10 Å². The van der Waals surface area contributed by atoms with Crippen LogP contribution >= 0.6 is 0 Å². The maximum absolute atomic E-state index is 12.5. The second-order valence-electron chi connectivity index (χ2n) is 7.71. The van der Waals surface area contributed by atoms with E-state index in [0.717, 1.165) is 10.8 Å². The second kappa shape index (κ2) is 11.5. The van der Waals surface area contributed by atoms with Gasteiger partial charge in [0.25, 0.3) is 0 Å². The number of nitrogens with zero attached hydrogens (tertiary/aromatic N) is 1. The van der Waals surface area contributed by atoms with E-state index in [1.807, 2.05) is 30.3 Å². The number of esters is 1. The molecule has 0 aromatic heterocycles. The summed E-state index contributed by atoms with van der Waals surface area (Å²) >= 11 is 0. The fraction of sp³-hybridized carbons (Fsp3) is 0.0714. The lowest BCUT2D eigenvalue weighted by Crippen LogP contribution is -2.32. The van der Waals surface area contributed by atoms with Crippen molar-refractivity contribution in [2.45, 2.75) is 0 Å². The van der Waals surface area contributed by atoms with Crippen molar-refractivity contribution in [2.24, 2.45) is 5.10 Å². The van der Waals surface area contributed by atoms with Crippen LogP contribution in [0.4, 0.5) is 5.69 Å². The number of hydrogen-bond donors (Lipinski definition) is 2. The third-order valence-corrected chi connectivity index (χ3v) is 5.34. The highest BCUT2D eigenvalue weighted by atomic mass is 16.6. The maximum Gasteiger partial charge on any atom is 0.343 e. The summed E-state index contributed by atoms with van der Waals surface area (Å²) in [6.45, 7) is 0. The molecule has 0 spiro atoms. The van der Waals surface area contributed by atoms with Crippen LogP contribution in [0.15, 0.2) is 90.0 Å². The minimum absolute atomic E-state index is 0.207. The number of nitrogens with one attached hydrogen (secondary N) is 2. The average molecular weight is 498 g/mol. The molecular formula is C28H23N3O6. The third kappa shape index (κ3) is 6.09. The van der Waals surface area contributed by atoms with E-state index in [-0.39, 0.29) is 11.5 Å². The summed E-state index contributed by atoms with van der Waals surface area (Å²) in [5, 5.41) is 8.18. The Balaban J connectivity index is 1.37. The van der Waals surface area contributed by atoms with Gasteiger partial charge >= 0.3 is 17.8 Å². The molecule has 4 rings (SSSR count). The van der Waals surface area contributed by atoms with Gasteiger partial charge in [0.15, 0.2) is 11.5 Å². The van der Waals surface area contributed by atoms with Gasteiger partial charge in [0, 0.05) is 11.1 Å². The van der Waals surface area contributed by atoms with E-state index < -0.39 is 17.8 Å². The van der Waals surface area contributed by atoms with Crippen LogP contribution in [-0.4, -0.2) is 38.2 Å². The molecular weight excluding hydrogens is 474 g/mol. The Kier molecular flexibility index (Phi) is 7.75. The number of carbonyl (C=O) groups excluding carboxylic acids is 3. The SMILES string of the molecule is COc1ccc(C(=O)Oc2ccc(/C=N/NC(=O)C(=O)Nc3cccc4ccccc34)cc2OC)cc1. The van der Waals surface area contributed by atoms with Crippen molar-refractivity contribution in [3.8, 4) is 17.2 Å². The molecule has 0 aliphatic carbocycles. The molecule has 37 heavy (non-hydrogen) atoms. The number of methoxy groups -OCH3 is 2. The highest BCUT2D eigenvalue weighted by Gasteiger charge is 2.15. The highest BCUT2D eigenvalue weighted by Crippen LogP contribution is 2.28. The first-order valence-corrected chi connectivity index (χ1v) is 11.1. The number of ether oxygens (including phenoxy) is 3. The lowest BCUT2D eigenvalue weighted by Gasteiger charge is -2.10. The maximum atomic E-state index is 12.5. The Labute approximate surface area is 212 Å². The first-order chi connectivity index (χ1) is 18.0. The largest absolute Gasteiger partial charge is 0.497 e. The minimum Gasteiger partial charge on any atom is -0.497 e. The van der Waals surface area contributed by atoms with Crippen LogP contribution in [0.2, 0.25) is 0 Å². The van der Waals surface area contributed by atoms with Gasteiger partial charge in [-0.15, -0.1) is 0 Å². The lowest BCUT2D eigenvalue weighted by molar-refractivity contribution is -0.136. The molecule has 9 heteroatoms. The number of anilines is 1. The quantitative estimate of drug-likeness (QED) is 0.130. The molecule has 0 radical (unpaired) electrons. The van der Waals surface area contributed by atoms with Crippen molar-refractivity contribution in [1.82, 2.24) is 5.43 Å². The summed E-state index contributed by atoms with van der Waals surface area (Å²) in [5.41, 5.74) is 3.60. The van der Waals surface area contributed by atoms with Crippen LogP contribution in [0.1, 0.15) is 15.9 Å². The van der Waals surface area contributed by atoms with Crippen LogP contribution in [0.3, 0.4) is 0 Å². The van der Waals surface area contributed by atoms with Crippen molar-refractivity contribution in [3.63, 3.8) is 0 Å². The molecule has 4 aromatic carbocycles. The Bertz CT molecular complexity index is 1480. The molecule has 0 fully saturated rings. The number of hydrogen-bond acceptors (Lipinski definition) is 7. The predicted molar refractivity (Wildman–Crippen MR) is 139 cm³/mol. The summed E-state index contributed by atoms with van der Waals surface area (Å²) in [7, 11) is 2.97. The van der Waals surface area contributed by atoms with E-state index in [1.165, 1.54) is 26.5 Å². The number of rotatable bonds is 7. The van der Waals surface area contributed by atoms with Crippen molar-refractivity contribution >= 4 is 40.5 Å². The number of carbonyl (C=O) groups is 3. The Morgan fingerprint density at radius 3 is 2.30 bits per heavy atom. The van der Waals surface area contributed by atoms with Crippen molar-refractivity contribution < 1.29 is 28.6 Å². The standard InChI is InChI=1S/C28H23N3O6/c1-35-21-13-11-20(12-14-21)28(34)37-24-15-10-18(16-25(24)36-2)17-29-31-27(33)26(32)30-23-9-5-7-19-6-3-4-8-22(19)23/h3-17H,1-2H3,(H,30,32)(H,31,33)/b29-17+. The van der Waals surface area contributed by atoms with Gasteiger partial charge in [0.05, 0.1) is 26.0 Å². The average Bonchev–Trinajstić information content (AvgIpc) is 2.93. The van der Waals surface area contributed by atoms with E-state index in [1.54, 1.807) is 48.5 Å². The van der Waals surface area contributed by atoms with E-state index >= 15 is 0 Å². The van der Waals surface area contributed by atoms with Crippen LogP contribution < -0.4 is 25.0 Å². The fourth-order valence-corrected chi connectivity index (χ4v) is 3.46. The molecule has 4 aromatic rings. The zero-order valence-corrected chi connectivity index (χ0v) is 20.1. The normalized spacial score (nSPS) is 10.6. The molecule has 9 nitrogen and oxygen atoms in total. The molecule has 0 aliphatic heterocycles. The monoisotopic (exact) mass is 497 g/mol. The zero-order chi connectivity index (χ0) is 26.2. The Morgan fingerprint density at radius 2 is 1.54 bits per heavy atom. The topological polar surface area (TPSA) is 115 Å². The molecule has 0 atom stereocenters. The van der Waals surface area contributed by atoms with Crippen LogP contribution in [0.5, 0.6) is 17.2 Å². The van der Waals surface area contributed by atoms with Gasteiger partial charge in [-0.25, -0.2) is 10.2 Å². The van der Waals surface area contributed by atoms with Gasteiger partial charge in [-0.3, -0.25) is 9.59 Å². The molecule has 0 bridgehead atoms. The van der Waals surface area contributed by atoms with Crippen molar-refractivity contribution in [3.05, 3.63) is 96.1 Å². The first-order valence-electron chi connectivity index (χ1n) is 11.1.